The molecule has 0 aliphatic rings. The first-order chi connectivity index (χ1) is 11.5. The summed E-state index contributed by atoms with van der Waals surface area (Å²) in [5.74, 6) is -0.264. The van der Waals surface area contributed by atoms with E-state index in [-0.39, 0.29) is 18.5 Å². The SMILES string of the molecule is COC(=O)c1ccc(CCC[C@H](CO)c2cccc(Cl)c2)c(Br)c1. The number of benzene rings is 2. The summed E-state index contributed by atoms with van der Waals surface area (Å²) < 4.78 is 5.62. The first-order valence-electron chi connectivity index (χ1n) is 7.78. The Morgan fingerprint density at radius 3 is 2.71 bits per heavy atom. The standard InChI is InChI=1S/C19H20BrClO3/c1-24-19(23)15-9-8-13(18(20)11-15)4-2-6-16(12-22)14-5-3-7-17(21)10-14/h3,5,7-11,16,22H,2,4,6,12H2,1H3/t16-/m1/s1. The highest BCUT2D eigenvalue weighted by atomic mass is 79.9. The molecule has 0 aliphatic carbocycles. The summed E-state index contributed by atoms with van der Waals surface area (Å²) in [4.78, 5) is 11.5. The number of aliphatic hydroxyl groups excluding tert-OH is 1. The molecule has 24 heavy (non-hydrogen) atoms. The second kappa shape index (κ2) is 9.21. The zero-order valence-electron chi connectivity index (χ0n) is 13.5. The van der Waals surface area contributed by atoms with Crippen molar-refractivity contribution in [2.24, 2.45) is 0 Å². The van der Waals surface area contributed by atoms with Gasteiger partial charge in [-0.2, -0.15) is 0 Å². The predicted molar refractivity (Wildman–Crippen MR) is 99.7 cm³/mol. The van der Waals surface area contributed by atoms with Gasteiger partial charge in [-0.05, 0) is 54.7 Å². The molecule has 2 aromatic rings. The number of carbonyl (C=O) groups excluding carboxylic acids is 1. The van der Waals surface area contributed by atoms with Gasteiger partial charge in [0.1, 0.15) is 0 Å². The van der Waals surface area contributed by atoms with Gasteiger partial charge in [-0.25, -0.2) is 4.79 Å². The van der Waals surface area contributed by atoms with Gasteiger partial charge in [0.2, 0.25) is 0 Å². The van der Waals surface area contributed by atoms with Gasteiger partial charge in [0.25, 0.3) is 0 Å². The fraction of sp³-hybridized carbons (Fsp3) is 0.316. The van der Waals surface area contributed by atoms with Crippen molar-refractivity contribution in [3.05, 3.63) is 68.7 Å². The fourth-order valence-corrected chi connectivity index (χ4v) is 3.43. The predicted octanol–water partition coefficient (Wildman–Crippen LogP) is 4.99. The number of aliphatic hydroxyl groups is 1. The maximum atomic E-state index is 11.5. The lowest BCUT2D eigenvalue weighted by Crippen LogP contribution is -2.05. The second-order valence-corrected chi connectivity index (χ2v) is 6.92. The van der Waals surface area contributed by atoms with Gasteiger partial charge in [0.15, 0.2) is 0 Å². The van der Waals surface area contributed by atoms with E-state index in [4.69, 9.17) is 16.3 Å². The molecule has 0 heterocycles. The van der Waals surface area contributed by atoms with Crippen LogP contribution < -0.4 is 0 Å². The smallest absolute Gasteiger partial charge is 0.337 e. The number of hydrogen-bond donors (Lipinski definition) is 1. The molecule has 0 amide bonds. The van der Waals surface area contributed by atoms with E-state index in [2.05, 4.69) is 15.9 Å². The van der Waals surface area contributed by atoms with Crippen LogP contribution in [0.3, 0.4) is 0 Å². The molecule has 0 saturated heterocycles. The lowest BCUT2D eigenvalue weighted by atomic mass is 9.93. The average molecular weight is 412 g/mol. The van der Waals surface area contributed by atoms with E-state index in [0.717, 1.165) is 34.9 Å². The minimum Gasteiger partial charge on any atom is -0.465 e. The Bertz CT molecular complexity index is 703. The highest BCUT2D eigenvalue weighted by Crippen LogP contribution is 2.26. The summed E-state index contributed by atoms with van der Waals surface area (Å²) in [5, 5.41) is 10.3. The second-order valence-electron chi connectivity index (χ2n) is 5.62. The molecule has 1 N–H and O–H groups in total. The van der Waals surface area contributed by atoms with Gasteiger partial charge in [0, 0.05) is 22.0 Å². The lowest BCUT2D eigenvalue weighted by Gasteiger charge is -2.15. The van der Waals surface area contributed by atoms with Gasteiger partial charge < -0.3 is 9.84 Å². The van der Waals surface area contributed by atoms with Crippen molar-refractivity contribution in [2.45, 2.75) is 25.2 Å². The molecular formula is C19H20BrClO3. The Hall–Kier alpha value is -1.36. The summed E-state index contributed by atoms with van der Waals surface area (Å²) in [6, 6.07) is 13.1. The zero-order valence-corrected chi connectivity index (χ0v) is 15.8. The van der Waals surface area contributed by atoms with Crippen LogP contribution in [0, 0.1) is 0 Å². The normalized spacial score (nSPS) is 12.0. The highest BCUT2D eigenvalue weighted by Gasteiger charge is 2.12. The maximum Gasteiger partial charge on any atom is 0.337 e. The van der Waals surface area contributed by atoms with E-state index in [1.807, 2.05) is 30.3 Å². The molecule has 3 nitrogen and oxygen atoms in total. The molecule has 0 aliphatic heterocycles. The summed E-state index contributed by atoms with van der Waals surface area (Å²) in [7, 11) is 1.37. The van der Waals surface area contributed by atoms with Crippen LogP contribution >= 0.6 is 27.5 Å². The van der Waals surface area contributed by atoms with Crippen LogP contribution in [0.25, 0.3) is 0 Å². The quantitative estimate of drug-likeness (QED) is 0.653. The van der Waals surface area contributed by atoms with Crippen molar-refractivity contribution in [3.63, 3.8) is 0 Å². The molecule has 0 fully saturated rings. The van der Waals surface area contributed by atoms with Gasteiger partial charge in [-0.3, -0.25) is 0 Å². The molecule has 0 unspecified atom stereocenters. The van der Waals surface area contributed by atoms with Crippen molar-refractivity contribution in [2.75, 3.05) is 13.7 Å². The first kappa shape index (κ1) is 19.0. The third kappa shape index (κ3) is 5.07. The van der Waals surface area contributed by atoms with E-state index in [0.29, 0.717) is 10.6 Å². The number of hydrogen-bond acceptors (Lipinski definition) is 3. The molecule has 0 aromatic heterocycles. The van der Waals surface area contributed by atoms with Crippen molar-refractivity contribution in [1.82, 2.24) is 0 Å². The molecule has 5 heteroatoms. The molecule has 2 aromatic carbocycles. The largest absolute Gasteiger partial charge is 0.465 e. The number of rotatable bonds is 7. The summed E-state index contributed by atoms with van der Waals surface area (Å²) in [6.45, 7) is 0.1000. The number of esters is 1. The molecule has 2 rings (SSSR count). The topological polar surface area (TPSA) is 46.5 Å². The van der Waals surface area contributed by atoms with E-state index in [1.54, 1.807) is 12.1 Å². The third-order valence-corrected chi connectivity index (χ3v) is 4.99. The molecule has 128 valence electrons. The number of carbonyl (C=O) groups is 1. The third-order valence-electron chi connectivity index (χ3n) is 4.01. The fourth-order valence-electron chi connectivity index (χ4n) is 2.66. The maximum absolute atomic E-state index is 11.5. The zero-order chi connectivity index (χ0) is 17.5. The minimum absolute atomic E-state index is 0.0804. The summed E-state index contributed by atoms with van der Waals surface area (Å²) in [6.07, 6.45) is 2.65. The van der Waals surface area contributed by atoms with E-state index in [9.17, 15) is 9.90 Å². The molecular weight excluding hydrogens is 392 g/mol. The minimum atomic E-state index is -0.344. The van der Waals surface area contributed by atoms with Gasteiger partial charge in [-0.1, -0.05) is 45.7 Å². The first-order valence-corrected chi connectivity index (χ1v) is 8.95. The highest BCUT2D eigenvalue weighted by molar-refractivity contribution is 9.10. The van der Waals surface area contributed by atoms with Crippen molar-refractivity contribution in [1.29, 1.82) is 0 Å². The average Bonchev–Trinajstić information content (AvgIpc) is 2.59. The van der Waals surface area contributed by atoms with Crippen LogP contribution in [0.5, 0.6) is 0 Å². The monoisotopic (exact) mass is 410 g/mol. The van der Waals surface area contributed by atoms with E-state index in [1.165, 1.54) is 7.11 Å². The molecule has 0 saturated carbocycles. The van der Waals surface area contributed by atoms with Gasteiger partial charge in [-0.15, -0.1) is 0 Å². The van der Waals surface area contributed by atoms with Gasteiger partial charge in [0.05, 0.1) is 12.7 Å². The lowest BCUT2D eigenvalue weighted by molar-refractivity contribution is 0.0600. The van der Waals surface area contributed by atoms with Crippen LogP contribution in [0.2, 0.25) is 5.02 Å². The Balaban J connectivity index is 1.96. The van der Waals surface area contributed by atoms with Crippen molar-refractivity contribution in [3.8, 4) is 0 Å². The molecule has 0 radical (unpaired) electrons. The van der Waals surface area contributed by atoms with Crippen molar-refractivity contribution < 1.29 is 14.6 Å². The van der Waals surface area contributed by atoms with Gasteiger partial charge >= 0.3 is 5.97 Å². The number of halogens is 2. The summed E-state index contributed by atoms with van der Waals surface area (Å²) >= 11 is 9.53. The number of methoxy groups -OCH3 is 1. The number of aryl methyl sites for hydroxylation is 1. The molecule has 0 bridgehead atoms. The van der Waals surface area contributed by atoms with E-state index < -0.39 is 0 Å². The number of ether oxygens (including phenoxy) is 1. The van der Waals surface area contributed by atoms with Crippen LogP contribution in [0.1, 0.15) is 40.2 Å². The Labute approximate surface area is 155 Å². The van der Waals surface area contributed by atoms with Crippen LogP contribution in [-0.2, 0) is 11.2 Å². The molecule has 1 atom stereocenters. The van der Waals surface area contributed by atoms with Crippen LogP contribution in [-0.4, -0.2) is 24.8 Å². The van der Waals surface area contributed by atoms with E-state index >= 15 is 0 Å². The van der Waals surface area contributed by atoms with Crippen LogP contribution in [0.4, 0.5) is 0 Å². The Morgan fingerprint density at radius 1 is 1.29 bits per heavy atom. The Morgan fingerprint density at radius 2 is 2.08 bits per heavy atom. The summed E-state index contributed by atoms with van der Waals surface area (Å²) in [5.41, 5.74) is 2.72. The molecule has 0 spiro atoms. The van der Waals surface area contributed by atoms with Crippen LogP contribution in [0.15, 0.2) is 46.9 Å². The Kier molecular flexibility index (Phi) is 7.28. The van der Waals surface area contributed by atoms with Crippen molar-refractivity contribution >= 4 is 33.5 Å².